The van der Waals surface area contributed by atoms with Crippen molar-refractivity contribution in [1.29, 1.82) is 0 Å². The van der Waals surface area contributed by atoms with Crippen molar-refractivity contribution in [1.82, 2.24) is 10.4 Å². The van der Waals surface area contributed by atoms with Crippen LogP contribution in [-0.4, -0.2) is 40.3 Å². The molecule has 0 radical (unpaired) electrons. The third kappa shape index (κ3) is 9.54. The van der Waals surface area contributed by atoms with E-state index in [-0.39, 0.29) is 24.9 Å². The number of carboxylic acids is 2. The van der Waals surface area contributed by atoms with Crippen LogP contribution in [0.3, 0.4) is 0 Å². The average molecular weight is 361 g/mol. The standard InChI is InChI=1S/C12H13N3O3.C2HF3O2/c1-3-9(2)14-12(18)10-4-6-15(13-8-10)7-5-11(16)17;3-2(4,5)1(6)7/h1,4,6,8-9H,5,7H2,2H3,(H-,14,16,17,18);(H,6,7). The molecule has 1 unspecified atom stereocenters. The minimum Gasteiger partial charge on any atom is -0.542 e. The Hall–Kier alpha value is -3.16. The summed E-state index contributed by atoms with van der Waals surface area (Å²) in [6, 6.07) is 1.21. The number of nitrogens with one attached hydrogen (secondary N) is 1. The zero-order chi connectivity index (χ0) is 19.6. The Morgan fingerprint density at radius 2 is 2.04 bits per heavy atom. The van der Waals surface area contributed by atoms with E-state index in [1.807, 2.05) is 0 Å². The zero-order valence-electron chi connectivity index (χ0n) is 12.9. The number of halogens is 3. The maximum Gasteiger partial charge on any atom is 0.430 e. The molecule has 0 aromatic carbocycles. The topological polar surface area (TPSA) is 123 Å². The number of hydrogen-bond acceptors (Lipinski definition) is 5. The summed E-state index contributed by atoms with van der Waals surface area (Å²) in [6.07, 6.45) is 2.87. The zero-order valence-corrected chi connectivity index (χ0v) is 12.9. The van der Waals surface area contributed by atoms with Gasteiger partial charge >= 0.3 is 12.1 Å². The molecule has 11 heteroatoms. The molecular weight excluding hydrogens is 347 g/mol. The fraction of sp³-hybridized carbons (Fsp3) is 0.357. The van der Waals surface area contributed by atoms with Gasteiger partial charge in [-0.2, -0.15) is 13.2 Å². The molecule has 1 rings (SSSR count). The van der Waals surface area contributed by atoms with E-state index in [0.29, 0.717) is 5.56 Å². The van der Waals surface area contributed by atoms with E-state index in [9.17, 15) is 22.8 Å². The van der Waals surface area contributed by atoms with Gasteiger partial charge in [0.15, 0.2) is 12.7 Å². The van der Waals surface area contributed by atoms with Crippen molar-refractivity contribution >= 4 is 17.8 Å². The third-order valence-electron chi connectivity index (χ3n) is 2.42. The number of aryl methyl sites for hydroxylation is 1. The Morgan fingerprint density at radius 3 is 2.40 bits per heavy atom. The fourth-order valence-electron chi connectivity index (χ4n) is 1.18. The van der Waals surface area contributed by atoms with E-state index in [4.69, 9.17) is 21.4 Å². The number of alkyl halides is 3. The number of carbonyl (C=O) groups is 3. The summed E-state index contributed by atoms with van der Waals surface area (Å²) in [5.74, 6) is -1.82. The Kier molecular flexibility index (Phi) is 8.62. The van der Waals surface area contributed by atoms with Crippen molar-refractivity contribution in [3.05, 3.63) is 24.0 Å². The van der Waals surface area contributed by atoms with Gasteiger partial charge in [-0.05, 0) is 12.0 Å². The van der Waals surface area contributed by atoms with E-state index in [0.717, 1.165) is 0 Å². The summed E-state index contributed by atoms with van der Waals surface area (Å²) in [7, 11) is 0. The molecule has 0 bridgehead atoms. The molecule has 0 spiro atoms. The molecule has 1 aromatic rings. The van der Waals surface area contributed by atoms with Crippen molar-refractivity contribution in [2.45, 2.75) is 32.1 Å². The third-order valence-corrected chi connectivity index (χ3v) is 2.42. The number of aromatic nitrogens is 2. The lowest BCUT2D eigenvalue weighted by Gasteiger charge is -2.06. The second-order valence-corrected chi connectivity index (χ2v) is 4.47. The van der Waals surface area contributed by atoms with Crippen LogP contribution in [0.1, 0.15) is 23.7 Å². The Bertz CT molecular complexity index is 653. The largest absolute Gasteiger partial charge is 0.542 e. The van der Waals surface area contributed by atoms with Crippen LogP contribution in [0.5, 0.6) is 0 Å². The second-order valence-electron chi connectivity index (χ2n) is 4.47. The molecule has 0 aliphatic rings. The van der Waals surface area contributed by atoms with Crippen LogP contribution in [-0.2, 0) is 16.1 Å². The van der Waals surface area contributed by atoms with Crippen molar-refractivity contribution in [2.75, 3.05) is 0 Å². The lowest BCUT2D eigenvalue weighted by Crippen LogP contribution is -2.39. The lowest BCUT2D eigenvalue weighted by molar-refractivity contribution is -0.753. The molecule has 0 aliphatic heterocycles. The van der Waals surface area contributed by atoms with E-state index in [1.165, 1.54) is 10.9 Å². The first-order chi connectivity index (χ1) is 11.5. The Balaban J connectivity index is 0.000000697. The first-order valence-corrected chi connectivity index (χ1v) is 6.60. The quantitative estimate of drug-likeness (QED) is 0.507. The minimum atomic E-state index is -5.19. The van der Waals surface area contributed by atoms with Crippen LogP contribution in [0.4, 0.5) is 13.2 Å². The van der Waals surface area contributed by atoms with Gasteiger partial charge in [-0.3, -0.25) is 9.59 Å². The van der Waals surface area contributed by atoms with Crippen LogP contribution in [0.2, 0.25) is 0 Å². The highest BCUT2D eigenvalue weighted by molar-refractivity contribution is 5.94. The van der Waals surface area contributed by atoms with Gasteiger partial charge in [0, 0.05) is 6.07 Å². The normalized spacial score (nSPS) is 11.3. The van der Waals surface area contributed by atoms with Gasteiger partial charge in [-0.15, -0.1) is 6.42 Å². The van der Waals surface area contributed by atoms with Crippen LogP contribution in [0.15, 0.2) is 18.5 Å². The monoisotopic (exact) mass is 361 g/mol. The highest BCUT2D eigenvalue weighted by Crippen LogP contribution is 2.11. The Labute approximate surface area is 140 Å². The molecule has 136 valence electrons. The first kappa shape index (κ1) is 21.8. The van der Waals surface area contributed by atoms with Gasteiger partial charge in [0.1, 0.15) is 18.6 Å². The van der Waals surface area contributed by atoms with E-state index < -0.39 is 18.1 Å². The fourth-order valence-corrected chi connectivity index (χ4v) is 1.18. The molecule has 1 amide bonds. The van der Waals surface area contributed by atoms with Gasteiger partial charge in [0.25, 0.3) is 5.91 Å². The minimum absolute atomic E-state index is 0.0165. The second kappa shape index (κ2) is 9.86. The molecule has 0 saturated carbocycles. The van der Waals surface area contributed by atoms with Crippen molar-refractivity contribution in [3.63, 3.8) is 0 Å². The summed E-state index contributed by atoms with van der Waals surface area (Å²) in [5.41, 5.74) is 0.378. The van der Waals surface area contributed by atoms with Crippen molar-refractivity contribution in [3.8, 4) is 12.3 Å². The number of nitrogens with zero attached hydrogens (tertiary/aromatic N) is 2. The molecule has 8 nitrogen and oxygen atoms in total. The van der Waals surface area contributed by atoms with Gasteiger partial charge < -0.3 is 20.3 Å². The van der Waals surface area contributed by atoms with E-state index in [2.05, 4.69) is 16.3 Å². The van der Waals surface area contributed by atoms with Crippen LogP contribution in [0.25, 0.3) is 0 Å². The summed E-state index contributed by atoms with van der Waals surface area (Å²) >= 11 is 0. The number of amides is 1. The molecule has 0 fully saturated rings. The first-order valence-electron chi connectivity index (χ1n) is 6.60. The summed E-state index contributed by atoms with van der Waals surface area (Å²) in [4.78, 5) is 30.8. The molecule has 0 saturated heterocycles. The molecule has 0 aliphatic carbocycles. The van der Waals surface area contributed by atoms with E-state index >= 15 is 0 Å². The molecule has 1 atom stereocenters. The average Bonchev–Trinajstić information content (AvgIpc) is 2.52. The summed E-state index contributed by atoms with van der Waals surface area (Å²) < 4.78 is 33.0. The highest BCUT2D eigenvalue weighted by atomic mass is 19.4. The summed E-state index contributed by atoms with van der Waals surface area (Å²) in [5, 5.41) is 23.8. The van der Waals surface area contributed by atoms with Gasteiger partial charge in [-0.1, -0.05) is 10.6 Å². The molecule has 25 heavy (non-hydrogen) atoms. The smallest absolute Gasteiger partial charge is 0.430 e. The number of hydrogen-bond donors (Lipinski definition) is 2. The molecular formula is C14H14F3N3O5. The van der Waals surface area contributed by atoms with Gasteiger partial charge in [0.05, 0.1) is 11.6 Å². The van der Waals surface area contributed by atoms with Crippen LogP contribution < -0.4 is 15.1 Å². The van der Waals surface area contributed by atoms with Crippen LogP contribution >= 0.6 is 0 Å². The maximum atomic E-state index is 11.6. The molecule has 1 aromatic heterocycles. The highest BCUT2D eigenvalue weighted by Gasteiger charge is 2.28. The number of terminal acetylenes is 1. The van der Waals surface area contributed by atoms with Gasteiger partial charge in [0.2, 0.25) is 0 Å². The van der Waals surface area contributed by atoms with Gasteiger partial charge in [-0.25, -0.2) is 0 Å². The summed E-state index contributed by atoms with van der Waals surface area (Å²) in [6.45, 7) is 1.96. The molecule has 1 heterocycles. The van der Waals surface area contributed by atoms with E-state index in [1.54, 1.807) is 19.2 Å². The number of aliphatic carboxylic acids is 2. The molecule has 2 N–H and O–H groups in total. The lowest BCUT2D eigenvalue weighted by atomic mass is 10.2. The van der Waals surface area contributed by atoms with Crippen molar-refractivity contribution < 1.29 is 42.4 Å². The predicted molar refractivity (Wildman–Crippen MR) is 73.5 cm³/mol. The number of carbonyl (C=O) groups excluding carboxylic acids is 2. The SMILES string of the molecule is C#CC(C)NC(=O)c1cc[n+](CCC(=O)O)nc1.O=C([O-])C(F)(F)F. The van der Waals surface area contributed by atoms with Crippen molar-refractivity contribution in [2.24, 2.45) is 0 Å². The number of rotatable bonds is 5. The predicted octanol–water partition coefficient (Wildman–Crippen LogP) is -1.11. The Morgan fingerprint density at radius 1 is 1.48 bits per heavy atom. The number of carboxylic acid groups (broad SMARTS) is 2. The van der Waals surface area contributed by atoms with Crippen LogP contribution in [0, 0.1) is 12.3 Å². The maximum absolute atomic E-state index is 11.6.